The van der Waals surface area contributed by atoms with Crippen molar-refractivity contribution in [2.45, 2.75) is 25.7 Å². The summed E-state index contributed by atoms with van der Waals surface area (Å²) in [6.07, 6.45) is 6.39. The van der Waals surface area contributed by atoms with E-state index in [2.05, 4.69) is 46.4 Å². The number of H-pyrrole nitrogens is 1. The number of likely N-dealkylation sites (tertiary alicyclic amines) is 1. The zero-order valence-electron chi connectivity index (χ0n) is 11.8. The number of piperidine rings is 1. The lowest BCUT2D eigenvalue weighted by atomic mass is 9.95. The van der Waals surface area contributed by atoms with E-state index in [4.69, 9.17) is 5.26 Å². The van der Waals surface area contributed by atoms with Gasteiger partial charge in [0.05, 0.1) is 6.07 Å². The molecular weight excluding hydrogens is 246 g/mol. The van der Waals surface area contributed by atoms with Crippen LogP contribution in [0.15, 0.2) is 30.5 Å². The number of fused-ring (bicyclic) bond motifs is 1. The Balaban J connectivity index is 1.60. The third-order valence-electron chi connectivity index (χ3n) is 4.36. The molecular formula is C17H21N3. The molecule has 1 saturated heterocycles. The van der Waals surface area contributed by atoms with E-state index < -0.39 is 0 Å². The van der Waals surface area contributed by atoms with Gasteiger partial charge in [-0.05, 0) is 43.4 Å². The quantitative estimate of drug-likeness (QED) is 0.923. The van der Waals surface area contributed by atoms with Gasteiger partial charge in [0.1, 0.15) is 0 Å². The molecule has 104 valence electrons. The first-order valence-corrected chi connectivity index (χ1v) is 7.51. The maximum atomic E-state index is 8.83. The summed E-state index contributed by atoms with van der Waals surface area (Å²) in [6.45, 7) is 3.38. The molecule has 3 rings (SSSR count). The minimum absolute atomic E-state index is 0.580. The fourth-order valence-corrected chi connectivity index (χ4v) is 3.27. The van der Waals surface area contributed by atoms with Crippen molar-refractivity contribution in [2.75, 3.05) is 19.6 Å². The Bertz CT molecular complexity index is 608. The van der Waals surface area contributed by atoms with E-state index in [9.17, 15) is 0 Å². The Morgan fingerprint density at radius 2 is 2.25 bits per heavy atom. The van der Waals surface area contributed by atoms with Gasteiger partial charge in [-0.2, -0.15) is 5.26 Å². The molecule has 0 aliphatic carbocycles. The standard InChI is InChI=1S/C17H21N3/c18-9-7-14-4-3-10-20(13-14)11-8-15-12-19-17-6-2-1-5-16(15)17/h1-2,5-6,12,14,19H,3-4,7-8,10-11,13H2. The second kappa shape index (κ2) is 6.11. The lowest BCUT2D eigenvalue weighted by Gasteiger charge is -2.31. The molecule has 1 aromatic heterocycles. The predicted molar refractivity (Wildman–Crippen MR) is 81.4 cm³/mol. The first kappa shape index (κ1) is 13.2. The first-order valence-electron chi connectivity index (χ1n) is 7.51. The van der Waals surface area contributed by atoms with Crippen molar-refractivity contribution in [2.24, 2.45) is 5.92 Å². The van der Waals surface area contributed by atoms with Crippen LogP contribution in [-0.4, -0.2) is 29.5 Å². The monoisotopic (exact) mass is 267 g/mol. The van der Waals surface area contributed by atoms with E-state index in [1.807, 2.05) is 0 Å². The molecule has 1 N–H and O–H groups in total. The number of hydrogen-bond donors (Lipinski definition) is 1. The predicted octanol–water partition coefficient (Wildman–Crippen LogP) is 3.34. The Hall–Kier alpha value is -1.79. The minimum atomic E-state index is 0.580. The van der Waals surface area contributed by atoms with Crippen molar-refractivity contribution < 1.29 is 0 Å². The van der Waals surface area contributed by atoms with Gasteiger partial charge in [0.15, 0.2) is 0 Å². The van der Waals surface area contributed by atoms with Gasteiger partial charge in [0.2, 0.25) is 0 Å². The Morgan fingerprint density at radius 3 is 3.15 bits per heavy atom. The molecule has 2 aromatic rings. The number of nitrogens with one attached hydrogen (secondary N) is 1. The average molecular weight is 267 g/mol. The summed E-state index contributed by atoms with van der Waals surface area (Å²) in [5.41, 5.74) is 2.63. The molecule has 1 fully saturated rings. The van der Waals surface area contributed by atoms with Gasteiger partial charge in [-0.1, -0.05) is 18.2 Å². The van der Waals surface area contributed by atoms with Crippen molar-refractivity contribution in [3.05, 3.63) is 36.0 Å². The second-order valence-corrected chi connectivity index (χ2v) is 5.78. The van der Waals surface area contributed by atoms with Crippen LogP contribution in [0.2, 0.25) is 0 Å². The smallest absolute Gasteiger partial charge is 0.0625 e. The minimum Gasteiger partial charge on any atom is -0.361 e. The Morgan fingerprint density at radius 1 is 1.35 bits per heavy atom. The molecule has 1 unspecified atom stereocenters. The fourth-order valence-electron chi connectivity index (χ4n) is 3.27. The van der Waals surface area contributed by atoms with Gasteiger partial charge in [-0.25, -0.2) is 0 Å². The van der Waals surface area contributed by atoms with Gasteiger partial charge >= 0.3 is 0 Å². The molecule has 0 radical (unpaired) electrons. The van der Waals surface area contributed by atoms with E-state index in [-0.39, 0.29) is 0 Å². The molecule has 1 aromatic carbocycles. The summed E-state index contributed by atoms with van der Waals surface area (Å²) in [7, 11) is 0. The molecule has 0 bridgehead atoms. The Labute approximate surface area is 120 Å². The molecule has 0 saturated carbocycles. The van der Waals surface area contributed by atoms with Crippen molar-refractivity contribution in [1.29, 1.82) is 5.26 Å². The van der Waals surface area contributed by atoms with Gasteiger partial charge < -0.3 is 9.88 Å². The van der Waals surface area contributed by atoms with Crippen LogP contribution in [-0.2, 0) is 6.42 Å². The summed E-state index contributed by atoms with van der Waals surface area (Å²) in [4.78, 5) is 5.86. The van der Waals surface area contributed by atoms with E-state index >= 15 is 0 Å². The number of nitrogens with zero attached hydrogens (tertiary/aromatic N) is 2. The van der Waals surface area contributed by atoms with Crippen LogP contribution in [0, 0.1) is 17.2 Å². The number of aromatic amines is 1. The SMILES string of the molecule is N#CCC1CCCN(CCc2c[nH]c3ccccc23)C1. The van der Waals surface area contributed by atoms with Crippen LogP contribution in [0.3, 0.4) is 0 Å². The zero-order valence-corrected chi connectivity index (χ0v) is 11.8. The van der Waals surface area contributed by atoms with E-state index in [0.717, 1.165) is 19.5 Å². The summed E-state index contributed by atoms with van der Waals surface area (Å²) in [5.74, 6) is 0.580. The zero-order chi connectivity index (χ0) is 13.8. The topological polar surface area (TPSA) is 42.8 Å². The average Bonchev–Trinajstić information content (AvgIpc) is 2.89. The molecule has 2 heterocycles. The number of nitriles is 1. The number of hydrogen-bond acceptors (Lipinski definition) is 2. The number of para-hydroxylation sites is 1. The van der Waals surface area contributed by atoms with Crippen molar-refractivity contribution >= 4 is 10.9 Å². The summed E-state index contributed by atoms with van der Waals surface area (Å²) >= 11 is 0. The third-order valence-corrected chi connectivity index (χ3v) is 4.36. The van der Waals surface area contributed by atoms with Crippen LogP contribution >= 0.6 is 0 Å². The first-order chi connectivity index (χ1) is 9.86. The van der Waals surface area contributed by atoms with Crippen LogP contribution in [0.1, 0.15) is 24.8 Å². The lowest BCUT2D eigenvalue weighted by molar-refractivity contribution is 0.178. The van der Waals surface area contributed by atoms with Gasteiger partial charge in [0.25, 0.3) is 0 Å². The molecule has 1 aliphatic heterocycles. The van der Waals surface area contributed by atoms with Crippen LogP contribution in [0.4, 0.5) is 0 Å². The van der Waals surface area contributed by atoms with Crippen molar-refractivity contribution in [3.63, 3.8) is 0 Å². The fraction of sp³-hybridized carbons (Fsp3) is 0.471. The highest BCUT2D eigenvalue weighted by molar-refractivity contribution is 5.83. The molecule has 1 aliphatic rings. The molecule has 3 nitrogen and oxygen atoms in total. The van der Waals surface area contributed by atoms with Gasteiger partial charge in [-0.15, -0.1) is 0 Å². The second-order valence-electron chi connectivity index (χ2n) is 5.78. The molecule has 0 spiro atoms. The summed E-state index contributed by atoms with van der Waals surface area (Å²) < 4.78 is 0. The van der Waals surface area contributed by atoms with Crippen molar-refractivity contribution in [3.8, 4) is 6.07 Å². The van der Waals surface area contributed by atoms with Crippen LogP contribution < -0.4 is 0 Å². The summed E-state index contributed by atoms with van der Waals surface area (Å²) in [6, 6.07) is 10.8. The maximum absolute atomic E-state index is 8.83. The number of benzene rings is 1. The van der Waals surface area contributed by atoms with Crippen molar-refractivity contribution in [1.82, 2.24) is 9.88 Å². The molecule has 0 amide bonds. The van der Waals surface area contributed by atoms with E-state index in [1.165, 1.54) is 35.9 Å². The van der Waals surface area contributed by atoms with Gasteiger partial charge in [-0.3, -0.25) is 0 Å². The lowest BCUT2D eigenvalue weighted by Crippen LogP contribution is -2.36. The highest BCUT2D eigenvalue weighted by Gasteiger charge is 2.19. The molecule has 3 heteroatoms. The Kier molecular flexibility index (Phi) is 4.03. The van der Waals surface area contributed by atoms with E-state index in [0.29, 0.717) is 12.3 Å². The molecule has 1 atom stereocenters. The van der Waals surface area contributed by atoms with E-state index in [1.54, 1.807) is 0 Å². The number of aromatic nitrogens is 1. The van der Waals surface area contributed by atoms with Crippen LogP contribution in [0.5, 0.6) is 0 Å². The largest absolute Gasteiger partial charge is 0.361 e. The third kappa shape index (κ3) is 2.86. The number of rotatable bonds is 4. The highest BCUT2D eigenvalue weighted by atomic mass is 15.1. The summed E-state index contributed by atoms with van der Waals surface area (Å²) in [5, 5.41) is 10.2. The maximum Gasteiger partial charge on any atom is 0.0625 e. The normalized spacial score (nSPS) is 20.1. The van der Waals surface area contributed by atoms with Gasteiger partial charge in [0, 0.05) is 36.6 Å². The van der Waals surface area contributed by atoms with Crippen LogP contribution in [0.25, 0.3) is 10.9 Å². The highest BCUT2D eigenvalue weighted by Crippen LogP contribution is 2.21. The molecule has 20 heavy (non-hydrogen) atoms.